The van der Waals surface area contributed by atoms with Crippen LogP contribution in [0.25, 0.3) is 0 Å². The Bertz CT molecular complexity index is 522. The number of carbonyl (C=O) groups is 3. The summed E-state index contributed by atoms with van der Waals surface area (Å²) in [6.07, 6.45) is 2.02. The molecule has 0 aromatic carbocycles. The fourth-order valence-corrected chi connectivity index (χ4v) is 3.11. The number of carboxylic acids is 1. The normalized spacial score (nSPS) is 15.5. The van der Waals surface area contributed by atoms with E-state index in [4.69, 9.17) is 5.11 Å². The molecule has 1 aromatic heterocycles. The van der Waals surface area contributed by atoms with Gasteiger partial charge in [-0.05, 0) is 30.7 Å². The summed E-state index contributed by atoms with van der Waals surface area (Å²) in [5.41, 5.74) is 0.645. The van der Waals surface area contributed by atoms with E-state index in [1.54, 1.807) is 16.3 Å². The zero-order chi connectivity index (χ0) is 15.9. The third kappa shape index (κ3) is 4.56. The molecule has 0 bridgehead atoms. The first-order valence-electron chi connectivity index (χ1n) is 7.39. The highest BCUT2D eigenvalue weighted by Gasteiger charge is 2.26. The van der Waals surface area contributed by atoms with Crippen LogP contribution in [0.3, 0.4) is 0 Å². The summed E-state index contributed by atoms with van der Waals surface area (Å²) < 4.78 is 0. The Morgan fingerprint density at radius 2 is 2.05 bits per heavy atom. The van der Waals surface area contributed by atoms with Crippen molar-refractivity contribution in [3.63, 3.8) is 0 Å². The fourth-order valence-electron chi connectivity index (χ4n) is 2.47. The van der Waals surface area contributed by atoms with Gasteiger partial charge in [0.1, 0.15) is 0 Å². The Hall–Kier alpha value is -1.89. The predicted molar refractivity (Wildman–Crippen MR) is 82.8 cm³/mol. The molecule has 2 amide bonds. The highest BCUT2D eigenvalue weighted by molar-refractivity contribution is 7.08. The van der Waals surface area contributed by atoms with Gasteiger partial charge in [0.25, 0.3) is 5.91 Å². The molecule has 1 fully saturated rings. The summed E-state index contributed by atoms with van der Waals surface area (Å²) in [6.45, 7) is 1.49. The van der Waals surface area contributed by atoms with Crippen LogP contribution < -0.4 is 5.32 Å². The number of aliphatic carboxylic acids is 1. The monoisotopic (exact) mass is 324 g/mol. The van der Waals surface area contributed by atoms with E-state index in [1.165, 1.54) is 11.3 Å². The number of amides is 2. The second-order valence-electron chi connectivity index (χ2n) is 5.36. The number of rotatable bonds is 6. The van der Waals surface area contributed by atoms with Crippen molar-refractivity contribution in [2.45, 2.75) is 25.7 Å². The molecule has 1 aromatic rings. The number of likely N-dealkylation sites (tertiary alicyclic amines) is 1. The van der Waals surface area contributed by atoms with Crippen molar-refractivity contribution in [2.75, 3.05) is 19.6 Å². The van der Waals surface area contributed by atoms with E-state index in [1.807, 2.05) is 5.38 Å². The lowest BCUT2D eigenvalue weighted by atomic mass is 9.97. The van der Waals surface area contributed by atoms with Gasteiger partial charge in [-0.15, -0.1) is 0 Å². The van der Waals surface area contributed by atoms with Crippen molar-refractivity contribution in [3.05, 3.63) is 22.4 Å². The van der Waals surface area contributed by atoms with E-state index in [0.717, 1.165) is 0 Å². The van der Waals surface area contributed by atoms with Crippen molar-refractivity contribution < 1.29 is 19.5 Å². The number of piperidine rings is 1. The van der Waals surface area contributed by atoms with Crippen LogP contribution >= 0.6 is 11.3 Å². The van der Waals surface area contributed by atoms with Gasteiger partial charge in [0.15, 0.2) is 0 Å². The van der Waals surface area contributed by atoms with Gasteiger partial charge >= 0.3 is 5.97 Å². The molecule has 0 saturated carbocycles. The first-order valence-corrected chi connectivity index (χ1v) is 8.33. The number of nitrogens with zero attached hydrogens (tertiary/aromatic N) is 1. The minimum Gasteiger partial charge on any atom is -0.481 e. The molecule has 0 spiro atoms. The maximum Gasteiger partial charge on any atom is 0.306 e. The standard InChI is InChI=1S/C15H20N2O4S/c18-13(17-7-3-11(4-8-17)15(20)21)2-1-6-16-14(19)12-5-9-22-10-12/h5,9-11H,1-4,6-8H2,(H,16,19)(H,20,21). The quantitative estimate of drug-likeness (QED) is 0.778. The van der Waals surface area contributed by atoms with Crippen LogP contribution in [0.1, 0.15) is 36.0 Å². The maximum absolute atomic E-state index is 12.0. The van der Waals surface area contributed by atoms with Gasteiger partial charge in [-0.1, -0.05) is 0 Å². The summed E-state index contributed by atoms with van der Waals surface area (Å²) in [5, 5.41) is 15.3. The van der Waals surface area contributed by atoms with E-state index in [2.05, 4.69) is 5.32 Å². The predicted octanol–water partition coefficient (Wildman–Crippen LogP) is 1.58. The molecule has 0 radical (unpaired) electrons. The molecule has 0 aliphatic carbocycles. The number of nitrogens with one attached hydrogen (secondary N) is 1. The van der Waals surface area contributed by atoms with E-state index in [-0.39, 0.29) is 17.7 Å². The van der Waals surface area contributed by atoms with Gasteiger partial charge in [0, 0.05) is 37.0 Å². The third-order valence-electron chi connectivity index (χ3n) is 3.83. The fraction of sp³-hybridized carbons (Fsp3) is 0.533. The van der Waals surface area contributed by atoms with Crippen LogP contribution in [0.5, 0.6) is 0 Å². The molecule has 1 aliphatic rings. The molecular weight excluding hydrogens is 304 g/mol. The molecule has 22 heavy (non-hydrogen) atoms. The Labute approximate surface area is 133 Å². The minimum atomic E-state index is -0.775. The lowest BCUT2D eigenvalue weighted by Crippen LogP contribution is -2.40. The van der Waals surface area contributed by atoms with Crippen molar-refractivity contribution in [1.82, 2.24) is 10.2 Å². The lowest BCUT2D eigenvalue weighted by molar-refractivity contribution is -0.145. The van der Waals surface area contributed by atoms with Crippen LogP contribution in [-0.2, 0) is 9.59 Å². The molecule has 0 unspecified atom stereocenters. The van der Waals surface area contributed by atoms with Crippen LogP contribution in [0.2, 0.25) is 0 Å². The van der Waals surface area contributed by atoms with Crippen molar-refractivity contribution >= 4 is 29.1 Å². The minimum absolute atomic E-state index is 0.0358. The topological polar surface area (TPSA) is 86.7 Å². The van der Waals surface area contributed by atoms with Crippen molar-refractivity contribution in [3.8, 4) is 0 Å². The molecule has 7 heteroatoms. The van der Waals surface area contributed by atoms with Crippen molar-refractivity contribution in [1.29, 1.82) is 0 Å². The zero-order valence-corrected chi connectivity index (χ0v) is 13.1. The molecular formula is C15H20N2O4S. The molecule has 1 saturated heterocycles. The highest BCUT2D eigenvalue weighted by atomic mass is 32.1. The summed E-state index contributed by atoms with van der Waals surface area (Å²) in [4.78, 5) is 36.3. The van der Waals surface area contributed by atoms with Gasteiger partial charge in [0.05, 0.1) is 5.92 Å². The molecule has 120 valence electrons. The van der Waals surface area contributed by atoms with Crippen LogP contribution in [0.15, 0.2) is 16.8 Å². The largest absolute Gasteiger partial charge is 0.481 e. The van der Waals surface area contributed by atoms with Crippen LogP contribution in [-0.4, -0.2) is 47.4 Å². The van der Waals surface area contributed by atoms with E-state index in [0.29, 0.717) is 50.9 Å². The van der Waals surface area contributed by atoms with Gasteiger partial charge in [-0.25, -0.2) is 0 Å². The van der Waals surface area contributed by atoms with E-state index in [9.17, 15) is 14.4 Å². The summed E-state index contributed by atoms with van der Waals surface area (Å²) in [6, 6.07) is 1.76. The molecule has 2 rings (SSSR count). The molecule has 2 heterocycles. The number of hydrogen-bond donors (Lipinski definition) is 2. The van der Waals surface area contributed by atoms with Crippen LogP contribution in [0.4, 0.5) is 0 Å². The van der Waals surface area contributed by atoms with E-state index >= 15 is 0 Å². The Kier molecular flexibility index (Phi) is 5.94. The number of thiophene rings is 1. The molecule has 1 aliphatic heterocycles. The number of carbonyl (C=O) groups excluding carboxylic acids is 2. The second kappa shape index (κ2) is 7.93. The first kappa shape index (κ1) is 16.5. The van der Waals surface area contributed by atoms with Gasteiger partial charge in [-0.3, -0.25) is 14.4 Å². The van der Waals surface area contributed by atoms with Crippen molar-refractivity contribution in [2.24, 2.45) is 5.92 Å². The average molecular weight is 324 g/mol. The second-order valence-corrected chi connectivity index (χ2v) is 6.14. The Morgan fingerprint density at radius 1 is 1.32 bits per heavy atom. The maximum atomic E-state index is 12.0. The smallest absolute Gasteiger partial charge is 0.306 e. The summed E-state index contributed by atoms with van der Waals surface area (Å²) >= 11 is 1.47. The number of carboxylic acid groups (broad SMARTS) is 1. The first-order chi connectivity index (χ1) is 10.6. The summed E-state index contributed by atoms with van der Waals surface area (Å²) in [5.74, 6) is -1.18. The van der Waals surface area contributed by atoms with E-state index < -0.39 is 5.97 Å². The Balaban J connectivity index is 1.62. The zero-order valence-electron chi connectivity index (χ0n) is 12.3. The lowest BCUT2D eigenvalue weighted by Gasteiger charge is -2.30. The highest BCUT2D eigenvalue weighted by Crippen LogP contribution is 2.18. The number of hydrogen-bond acceptors (Lipinski definition) is 4. The third-order valence-corrected chi connectivity index (χ3v) is 4.52. The van der Waals surface area contributed by atoms with Gasteiger partial charge in [0.2, 0.25) is 5.91 Å². The van der Waals surface area contributed by atoms with Crippen LogP contribution in [0, 0.1) is 5.92 Å². The SMILES string of the molecule is O=C(NCCCC(=O)N1CCC(C(=O)O)CC1)c1ccsc1. The summed E-state index contributed by atoms with van der Waals surface area (Å²) in [7, 11) is 0. The van der Waals surface area contributed by atoms with Gasteiger partial charge < -0.3 is 15.3 Å². The molecule has 0 atom stereocenters. The molecule has 6 nitrogen and oxygen atoms in total. The van der Waals surface area contributed by atoms with Gasteiger partial charge in [-0.2, -0.15) is 11.3 Å². The Morgan fingerprint density at radius 3 is 2.64 bits per heavy atom. The molecule has 2 N–H and O–H groups in total. The average Bonchev–Trinajstić information content (AvgIpc) is 3.05.